The molecule has 0 aliphatic carbocycles. The van der Waals surface area contributed by atoms with Crippen molar-refractivity contribution in [3.8, 4) is 5.75 Å². The van der Waals surface area contributed by atoms with Crippen LogP contribution in [0.4, 0.5) is 0 Å². The number of hydrogen-bond acceptors (Lipinski definition) is 4. The van der Waals surface area contributed by atoms with Crippen LogP contribution in [-0.2, 0) is 26.5 Å². The molecule has 0 bridgehead atoms. The zero-order valence-electron chi connectivity index (χ0n) is 14.2. The molecule has 1 aliphatic rings. The van der Waals surface area contributed by atoms with Gasteiger partial charge in [0.05, 0.1) is 25.0 Å². The van der Waals surface area contributed by atoms with E-state index in [1.165, 1.54) is 0 Å². The molecule has 1 fully saturated rings. The Morgan fingerprint density at radius 3 is 2.57 bits per heavy atom. The van der Waals surface area contributed by atoms with Crippen molar-refractivity contribution < 1.29 is 17.9 Å². The third-order valence-electron chi connectivity index (χ3n) is 4.09. The van der Waals surface area contributed by atoms with Crippen molar-refractivity contribution >= 4 is 15.7 Å². The highest BCUT2D eigenvalue weighted by atomic mass is 32.2. The minimum Gasteiger partial charge on any atom is -0.496 e. The zero-order chi connectivity index (χ0) is 17.3. The summed E-state index contributed by atoms with van der Waals surface area (Å²) in [4.78, 5) is 12.2. The molecule has 0 saturated carbocycles. The Morgan fingerprint density at radius 1 is 1.35 bits per heavy atom. The number of methoxy groups -OCH3 is 1. The van der Waals surface area contributed by atoms with Crippen LogP contribution in [0.25, 0.3) is 0 Å². The molecule has 5 nitrogen and oxygen atoms in total. The van der Waals surface area contributed by atoms with Crippen molar-refractivity contribution in [3.63, 3.8) is 0 Å². The molecule has 6 heteroatoms. The number of carbonyl (C=O) groups is 1. The molecule has 1 saturated heterocycles. The van der Waals surface area contributed by atoms with Gasteiger partial charge in [-0.2, -0.15) is 0 Å². The molecule has 1 atom stereocenters. The van der Waals surface area contributed by atoms with E-state index < -0.39 is 9.84 Å². The quantitative estimate of drug-likeness (QED) is 0.908. The fourth-order valence-electron chi connectivity index (χ4n) is 2.74. The van der Waals surface area contributed by atoms with Crippen molar-refractivity contribution in [2.75, 3.05) is 18.6 Å². The molecule has 1 aromatic carbocycles. The average molecular weight is 339 g/mol. The SMILES string of the molecule is COc1ccc(C(C)(C)C)cc1CC(=O)NC1CCS(=O)(=O)C1. The monoisotopic (exact) mass is 339 g/mol. The lowest BCUT2D eigenvalue weighted by molar-refractivity contribution is -0.121. The van der Waals surface area contributed by atoms with Crippen molar-refractivity contribution in [2.24, 2.45) is 0 Å². The Labute approximate surface area is 138 Å². The van der Waals surface area contributed by atoms with Crippen LogP contribution in [0, 0.1) is 0 Å². The summed E-state index contributed by atoms with van der Waals surface area (Å²) in [6.07, 6.45) is 0.677. The number of ether oxygens (including phenoxy) is 1. The molecule has 1 N–H and O–H groups in total. The van der Waals surface area contributed by atoms with Crippen LogP contribution in [0.1, 0.15) is 38.3 Å². The molecule has 1 aliphatic heterocycles. The van der Waals surface area contributed by atoms with Gasteiger partial charge in [0.2, 0.25) is 5.91 Å². The second-order valence-electron chi connectivity index (χ2n) is 7.12. The Bertz CT molecular complexity index is 689. The lowest BCUT2D eigenvalue weighted by Crippen LogP contribution is -2.36. The van der Waals surface area contributed by atoms with Gasteiger partial charge in [-0.05, 0) is 23.5 Å². The van der Waals surface area contributed by atoms with Gasteiger partial charge in [0.15, 0.2) is 9.84 Å². The summed E-state index contributed by atoms with van der Waals surface area (Å²) in [5.41, 5.74) is 1.93. The van der Waals surface area contributed by atoms with Crippen molar-refractivity contribution in [1.82, 2.24) is 5.32 Å². The van der Waals surface area contributed by atoms with Gasteiger partial charge in [-0.25, -0.2) is 8.42 Å². The standard InChI is InChI=1S/C17H25NO4S/c1-17(2,3)13-5-6-15(22-4)12(9-13)10-16(19)18-14-7-8-23(20,21)11-14/h5-6,9,14H,7-8,10-11H2,1-4H3,(H,18,19). The number of nitrogens with one attached hydrogen (secondary N) is 1. The first-order chi connectivity index (χ1) is 10.6. The van der Waals surface area contributed by atoms with E-state index in [1.807, 2.05) is 18.2 Å². The molecule has 1 aromatic rings. The molecule has 0 aromatic heterocycles. The smallest absolute Gasteiger partial charge is 0.224 e. The van der Waals surface area contributed by atoms with Crippen LogP contribution in [0.3, 0.4) is 0 Å². The van der Waals surface area contributed by atoms with E-state index in [4.69, 9.17) is 4.74 Å². The molecule has 128 valence electrons. The molecule has 1 unspecified atom stereocenters. The maximum absolute atomic E-state index is 12.2. The van der Waals surface area contributed by atoms with Gasteiger partial charge in [0.1, 0.15) is 5.75 Å². The molecule has 1 amide bonds. The van der Waals surface area contributed by atoms with Crippen molar-refractivity contribution in [1.29, 1.82) is 0 Å². The largest absolute Gasteiger partial charge is 0.496 e. The zero-order valence-corrected chi connectivity index (χ0v) is 15.0. The molecule has 23 heavy (non-hydrogen) atoms. The van der Waals surface area contributed by atoms with Gasteiger partial charge < -0.3 is 10.1 Å². The Balaban J connectivity index is 2.10. The van der Waals surface area contributed by atoms with Gasteiger partial charge in [0.25, 0.3) is 0 Å². The van der Waals surface area contributed by atoms with Crippen LogP contribution in [0.2, 0.25) is 0 Å². The number of carbonyl (C=O) groups excluding carboxylic acids is 1. The van der Waals surface area contributed by atoms with Gasteiger partial charge >= 0.3 is 0 Å². The third kappa shape index (κ3) is 4.70. The highest BCUT2D eigenvalue weighted by molar-refractivity contribution is 7.91. The minimum atomic E-state index is -2.99. The molecular weight excluding hydrogens is 314 g/mol. The topological polar surface area (TPSA) is 72.5 Å². The maximum Gasteiger partial charge on any atom is 0.224 e. The summed E-state index contributed by atoms with van der Waals surface area (Å²) >= 11 is 0. The summed E-state index contributed by atoms with van der Waals surface area (Å²) in [7, 11) is -1.41. The molecule has 0 radical (unpaired) electrons. The minimum absolute atomic E-state index is 0.0168. The Hall–Kier alpha value is -1.56. The number of rotatable bonds is 4. The van der Waals surface area contributed by atoms with E-state index in [1.54, 1.807) is 7.11 Å². The summed E-state index contributed by atoms with van der Waals surface area (Å²) in [5, 5.41) is 2.82. The van der Waals surface area contributed by atoms with Gasteiger partial charge in [-0.1, -0.05) is 32.9 Å². The fraction of sp³-hybridized carbons (Fsp3) is 0.588. The van der Waals surface area contributed by atoms with E-state index in [0.717, 1.165) is 11.1 Å². The lowest BCUT2D eigenvalue weighted by Gasteiger charge is -2.21. The van der Waals surface area contributed by atoms with E-state index in [0.29, 0.717) is 12.2 Å². The Kier molecular flexibility index (Phi) is 5.04. The predicted molar refractivity (Wildman–Crippen MR) is 90.6 cm³/mol. The summed E-state index contributed by atoms with van der Waals surface area (Å²) < 4.78 is 28.3. The fourth-order valence-corrected chi connectivity index (χ4v) is 4.42. The first-order valence-electron chi connectivity index (χ1n) is 7.78. The average Bonchev–Trinajstić information content (AvgIpc) is 2.76. The molecule has 0 spiro atoms. The first kappa shape index (κ1) is 17.8. The van der Waals surface area contributed by atoms with E-state index in [9.17, 15) is 13.2 Å². The van der Waals surface area contributed by atoms with Crippen molar-refractivity contribution in [3.05, 3.63) is 29.3 Å². The van der Waals surface area contributed by atoms with E-state index in [2.05, 4.69) is 26.1 Å². The number of hydrogen-bond donors (Lipinski definition) is 1. The molecule has 2 rings (SSSR count). The first-order valence-corrected chi connectivity index (χ1v) is 9.60. The Morgan fingerprint density at radius 2 is 2.04 bits per heavy atom. The van der Waals surface area contributed by atoms with Crippen LogP contribution < -0.4 is 10.1 Å². The second kappa shape index (κ2) is 6.51. The van der Waals surface area contributed by atoms with Crippen LogP contribution >= 0.6 is 0 Å². The summed E-state index contributed by atoms with van der Waals surface area (Å²) in [6.45, 7) is 6.34. The lowest BCUT2D eigenvalue weighted by atomic mass is 9.85. The molecular formula is C17H25NO4S. The third-order valence-corrected chi connectivity index (χ3v) is 5.86. The van der Waals surface area contributed by atoms with Crippen LogP contribution in [-0.4, -0.2) is 39.0 Å². The van der Waals surface area contributed by atoms with Gasteiger partial charge in [0, 0.05) is 11.6 Å². The van der Waals surface area contributed by atoms with Crippen LogP contribution in [0.15, 0.2) is 18.2 Å². The van der Waals surface area contributed by atoms with E-state index >= 15 is 0 Å². The normalized spacial score (nSPS) is 20.3. The van der Waals surface area contributed by atoms with Gasteiger partial charge in [-0.3, -0.25) is 4.79 Å². The summed E-state index contributed by atoms with van der Waals surface area (Å²) in [5.74, 6) is 0.697. The molecule has 1 heterocycles. The maximum atomic E-state index is 12.2. The number of sulfone groups is 1. The van der Waals surface area contributed by atoms with Gasteiger partial charge in [-0.15, -0.1) is 0 Å². The second-order valence-corrected chi connectivity index (χ2v) is 9.35. The van der Waals surface area contributed by atoms with Crippen molar-refractivity contribution in [2.45, 2.75) is 45.1 Å². The van der Waals surface area contributed by atoms with E-state index in [-0.39, 0.29) is 35.3 Å². The van der Waals surface area contributed by atoms with Crippen LogP contribution in [0.5, 0.6) is 5.75 Å². The summed E-state index contributed by atoms with van der Waals surface area (Å²) in [6, 6.07) is 5.60. The predicted octanol–water partition coefficient (Wildman–Crippen LogP) is 1.84. The number of benzene rings is 1. The highest BCUT2D eigenvalue weighted by Crippen LogP contribution is 2.28. The highest BCUT2D eigenvalue weighted by Gasteiger charge is 2.29. The number of amides is 1.